The predicted molar refractivity (Wildman–Crippen MR) is 84.7 cm³/mol. The van der Waals surface area contributed by atoms with Crippen molar-refractivity contribution in [1.82, 2.24) is 4.90 Å². The first kappa shape index (κ1) is 17.4. The number of benzene rings is 1. The van der Waals surface area contributed by atoms with Crippen LogP contribution in [0.1, 0.15) is 26.7 Å². The van der Waals surface area contributed by atoms with Crippen LogP contribution in [0.2, 0.25) is 0 Å². The molecule has 1 aliphatic heterocycles. The summed E-state index contributed by atoms with van der Waals surface area (Å²) in [6.45, 7) is 4.62. The Bertz CT molecular complexity index is 691. The Labute approximate surface area is 135 Å². The highest BCUT2D eigenvalue weighted by Gasteiger charge is 2.34. The summed E-state index contributed by atoms with van der Waals surface area (Å²) in [7, 11) is -3.86. The third kappa shape index (κ3) is 3.69. The SMILES string of the molecule is CC1CCN(C(=O)[C@@H](C)S(=O)(=O)c2ccc([N+](=O)[O-])cc2)CC1. The fourth-order valence-corrected chi connectivity index (χ4v) is 3.92. The second kappa shape index (κ2) is 6.66. The van der Waals surface area contributed by atoms with Crippen molar-refractivity contribution in [2.24, 2.45) is 5.92 Å². The molecule has 1 atom stereocenters. The number of nitrogens with zero attached hydrogens (tertiary/aromatic N) is 2. The van der Waals surface area contributed by atoms with Gasteiger partial charge in [0.2, 0.25) is 5.91 Å². The van der Waals surface area contributed by atoms with E-state index < -0.39 is 25.9 Å². The first-order valence-electron chi connectivity index (χ1n) is 7.50. The first-order chi connectivity index (χ1) is 10.7. The van der Waals surface area contributed by atoms with E-state index in [1.165, 1.54) is 19.1 Å². The standard InChI is InChI=1S/C15H20N2O5S/c1-11-7-9-16(10-8-11)15(18)12(2)23(21,22)14-5-3-13(4-6-14)17(19)20/h3-6,11-12H,7-10H2,1-2H3/t12-/m1/s1. The van der Waals surface area contributed by atoms with Crippen molar-refractivity contribution in [1.29, 1.82) is 0 Å². The van der Waals surface area contributed by atoms with Crippen molar-refractivity contribution in [2.75, 3.05) is 13.1 Å². The van der Waals surface area contributed by atoms with Gasteiger partial charge in [-0.25, -0.2) is 8.42 Å². The summed E-state index contributed by atoms with van der Waals surface area (Å²) < 4.78 is 25.1. The van der Waals surface area contributed by atoms with Crippen molar-refractivity contribution in [3.05, 3.63) is 34.4 Å². The molecular formula is C15H20N2O5S. The number of carbonyl (C=O) groups is 1. The summed E-state index contributed by atoms with van der Waals surface area (Å²) in [5.74, 6) is 0.135. The number of piperidine rings is 1. The van der Waals surface area contributed by atoms with Crippen molar-refractivity contribution < 1.29 is 18.1 Å². The average Bonchev–Trinajstić information content (AvgIpc) is 2.54. The quantitative estimate of drug-likeness (QED) is 0.617. The lowest BCUT2D eigenvalue weighted by molar-refractivity contribution is -0.384. The van der Waals surface area contributed by atoms with Gasteiger partial charge in [0, 0.05) is 25.2 Å². The van der Waals surface area contributed by atoms with E-state index in [0.29, 0.717) is 19.0 Å². The van der Waals surface area contributed by atoms with Crippen LogP contribution in [0.25, 0.3) is 0 Å². The number of rotatable bonds is 4. The van der Waals surface area contributed by atoms with Gasteiger partial charge in [0.1, 0.15) is 5.25 Å². The molecule has 0 N–H and O–H groups in total. The molecule has 0 aromatic heterocycles. The third-order valence-electron chi connectivity index (χ3n) is 4.28. The van der Waals surface area contributed by atoms with Crippen LogP contribution in [0.15, 0.2) is 29.2 Å². The lowest BCUT2D eigenvalue weighted by atomic mass is 9.99. The summed E-state index contributed by atoms with van der Waals surface area (Å²) in [5, 5.41) is 9.44. The molecule has 2 rings (SSSR count). The van der Waals surface area contributed by atoms with Gasteiger partial charge in [-0.1, -0.05) is 6.92 Å². The number of nitro benzene ring substituents is 1. The van der Waals surface area contributed by atoms with Crippen molar-refractivity contribution in [2.45, 2.75) is 36.8 Å². The largest absolute Gasteiger partial charge is 0.342 e. The van der Waals surface area contributed by atoms with Crippen LogP contribution >= 0.6 is 0 Å². The van der Waals surface area contributed by atoms with Crippen LogP contribution in [-0.4, -0.2) is 42.5 Å². The van der Waals surface area contributed by atoms with Gasteiger partial charge in [0.15, 0.2) is 9.84 Å². The fraction of sp³-hybridized carbons (Fsp3) is 0.533. The third-order valence-corrected chi connectivity index (χ3v) is 6.35. The Morgan fingerprint density at radius 2 is 1.78 bits per heavy atom. The number of hydrogen-bond acceptors (Lipinski definition) is 5. The fourth-order valence-electron chi connectivity index (χ4n) is 2.58. The molecule has 0 unspecified atom stereocenters. The maximum absolute atomic E-state index is 12.5. The number of carbonyl (C=O) groups excluding carboxylic acids is 1. The Balaban J connectivity index is 2.17. The minimum absolute atomic E-state index is 0.0747. The van der Waals surface area contributed by atoms with Crippen LogP contribution < -0.4 is 0 Å². The molecule has 23 heavy (non-hydrogen) atoms. The number of sulfone groups is 1. The Hall–Kier alpha value is -1.96. The van der Waals surface area contributed by atoms with Gasteiger partial charge in [0.25, 0.3) is 5.69 Å². The molecule has 1 aromatic rings. The molecule has 8 heteroatoms. The Morgan fingerprint density at radius 1 is 1.26 bits per heavy atom. The normalized spacial score (nSPS) is 17.7. The molecular weight excluding hydrogens is 320 g/mol. The summed E-state index contributed by atoms with van der Waals surface area (Å²) >= 11 is 0. The molecule has 7 nitrogen and oxygen atoms in total. The molecule has 126 valence electrons. The van der Waals surface area contributed by atoms with E-state index in [4.69, 9.17) is 0 Å². The highest BCUT2D eigenvalue weighted by atomic mass is 32.2. The zero-order valence-corrected chi connectivity index (χ0v) is 14.0. The zero-order valence-electron chi connectivity index (χ0n) is 13.1. The summed E-state index contributed by atoms with van der Waals surface area (Å²) in [6, 6.07) is 4.62. The van der Waals surface area contributed by atoms with Crippen LogP contribution in [-0.2, 0) is 14.6 Å². The lowest BCUT2D eigenvalue weighted by Crippen LogP contribution is -2.45. The van der Waals surface area contributed by atoms with Gasteiger partial charge in [-0.15, -0.1) is 0 Å². The van der Waals surface area contributed by atoms with E-state index in [-0.39, 0.29) is 10.6 Å². The van der Waals surface area contributed by atoms with Gasteiger partial charge in [-0.05, 0) is 37.8 Å². The number of amides is 1. The molecule has 1 heterocycles. The molecule has 1 amide bonds. The van der Waals surface area contributed by atoms with E-state index in [9.17, 15) is 23.3 Å². The van der Waals surface area contributed by atoms with Crippen LogP contribution in [0.4, 0.5) is 5.69 Å². The molecule has 1 fully saturated rings. The molecule has 0 saturated carbocycles. The van der Waals surface area contributed by atoms with Crippen LogP contribution in [0.5, 0.6) is 0 Å². The van der Waals surface area contributed by atoms with E-state index in [0.717, 1.165) is 25.0 Å². The highest BCUT2D eigenvalue weighted by molar-refractivity contribution is 7.92. The second-order valence-corrected chi connectivity index (χ2v) is 8.21. The Kier molecular flexibility index (Phi) is 5.03. The number of non-ortho nitro benzene ring substituents is 1. The van der Waals surface area contributed by atoms with Crippen molar-refractivity contribution in [3.63, 3.8) is 0 Å². The topological polar surface area (TPSA) is 97.6 Å². The van der Waals surface area contributed by atoms with E-state index in [1.54, 1.807) is 4.90 Å². The highest BCUT2D eigenvalue weighted by Crippen LogP contribution is 2.23. The molecule has 1 saturated heterocycles. The van der Waals surface area contributed by atoms with Crippen LogP contribution in [0.3, 0.4) is 0 Å². The molecule has 0 aliphatic carbocycles. The maximum Gasteiger partial charge on any atom is 0.269 e. The van der Waals surface area contributed by atoms with Gasteiger partial charge in [-0.3, -0.25) is 14.9 Å². The predicted octanol–water partition coefficient (Wildman–Crippen LogP) is 2.02. The molecule has 0 radical (unpaired) electrons. The second-order valence-electron chi connectivity index (χ2n) is 5.95. The van der Waals surface area contributed by atoms with Crippen molar-refractivity contribution >= 4 is 21.4 Å². The summed E-state index contributed by atoms with van der Waals surface area (Å²) in [6.07, 6.45) is 1.74. The summed E-state index contributed by atoms with van der Waals surface area (Å²) in [4.78, 5) is 24.0. The van der Waals surface area contributed by atoms with E-state index in [2.05, 4.69) is 6.92 Å². The molecule has 0 bridgehead atoms. The first-order valence-corrected chi connectivity index (χ1v) is 9.05. The monoisotopic (exact) mass is 340 g/mol. The zero-order chi connectivity index (χ0) is 17.2. The average molecular weight is 340 g/mol. The van der Waals surface area contributed by atoms with E-state index in [1.807, 2.05) is 0 Å². The van der Waals surface area contributed by atoms with Crippen molar-refractivity contribution in [3.8, 4) is 0 Å². The smallest absolute Gasteiger partial charge is 0.269 e. The van der Waals surface area contributed by atoms with Gasteiger partial charge < -0.3 is 4.90 Å². The maximum atomic E-state index is 12.5. The molecule has 1 aromatic carbocycles. The summed E-state index contributed by atoms with van der Waals surface area (Å²) in [5.41, 5.74) is -0.187. The minimum Gasteiger partial charge on any atom is -0.342 e. The lowest BCUT2D eigenvalue weighted by Gasteiger charge is -2.32. The molecule has 0 spiro atoms. The number of hydrogen-bond donors (Lipinski definition) is 0. The minimum atomic E-state index is -3.86. The Morgan fingerprint density at radius 3 is 2.26 bits per heavy atom. The molecule has 1 aliphatic rings. The number of nitro groups is 1. The van der Waals surface area contributed by atoms with E-state index >= 15 is 0 Å². The van der Waals surface area contributed by atoms with Gasteiger partial charge in [0.05, 0.1) is 9.82 Å². The van der Waals surface area contributed by atoms with Gasteiger partial charge in [-0.2, -0.15) is 0 Å². The number of likely N-dealkylation sites (tertiary alicyclic amines) is 1. The van der Waals surface area contributed by atoms with Gasteiger partial charge >= 0.3 is 0 Å². The van der Waals surface area contributed by atoms with Crippen LogP contribution in [0, 0.1) is 16.0 Å².